The van der Waals surface area contributed by atoms with Gasteiger partial charge in [0.25, 0.3) is 0 Å². The first-order chi connectivity index (χ1) is 18.0. The zero-order valence-electron chi connectivity index (χ0n) is 21.9. The lowest BCUT2D eigenvalue weighted by Gasteiger charge is -2.12. The van der Waals surface area contributed by atoms with Crippen molar-refractivity contribution in [2.24, 2.45) is 0 Å². The van der Waals surface area contributed by atoms with Gasteiger partial charge in [0, 0.05) is 5.56 Å². The van der Waals surface area contributed by atoms with E-state index in [2.05, 4.69) is 23.8 Å². The summed E-state index contributed by atoms with van der Waals surface area (Å²) in [6, 6.07) is 13.9. The van der Waals surface area contributed by atoms with E-state index in [0.29, 0.717) is 23.6 Å². The fourth-order valence-corrected chi connectivity index (χ4v) is 3.64. The molecule has 0 fully saturated rings. The van der Waals surface area contributed by atoms with Gasteiger partial charge in [0.15, 0.2) is 5.69 Å². The van der Waals surface area contributed by atoms with Gasteiger partial charge in [-0.2, -0.15) is 0 Å². The summed E-state index contributed by atoms with van der Waals surface area (Å²) < 4.78 is 16.6. The monoisotopic (exact) mass is 504 g/mol. The Kier molecular flexibility index (Phi) is 11.1. The minimum atomic E-state index is -0.630. The standard InChI is InChI=1S/C30H36N2O5/c1-4-6-8-9-19-35-25-15-11-23(12-16-25)27-20-32-28(21-31-27)30(34)37-26-17-13-24(14-18-26)29(33)36-22(3)10-7-5-2/h11-18,20-22H,4-10,19H2,1-3H3/t22-/m1/s1. The Hall–Kier alpha value is -3.74. The highest BCUT2D eigenvalue weighted by Crippen LogP contribution is 2.21. The molecule has 0 aliphatic rings. The number of aromatic nitrogens is 2. The average molecular weight is 505 g/mol. The normalized spacial score (nSPS) is 11.5. The third-order valence-corrected chi connectivity index (χ3v) is 5.85. The van der Waals surface area contributed by atoms with Crippen LogP contribution in [0.15, 0.2) is 60.9 Å². The van der Waals surface area contributed by atoms with Crippen molar-refractivity contribution in [2.75, 3.05) is 6.61 Å². The van der Waals surface area contributed by atoms with E-state index in [0.717, 1.165) is 37.0 Å². The number of carbonyl (C=O) groups excluding carboxylic acids is 2. The van der Waals surface area contributed by atoms with Crippen LogP contribution in [0.3, 0.4) is 0 Å². The lowest BCUT2D eigenvalue weighted by atomic mass is 10.1. The molecule has 7 nitrogen and oxygen atoms in total. The van der Waals surface area contributed by atoms with Crippen LogP contribution in [0.1, 0.15) is 86.6 Å². The number of ether oxygens (including phenoxy) is 3. The second-order valence-electron chi connectivity index (χ2n) is 8.99. The number of nitrogens with zero attached hydrogens (tertiary/aromatic N) is 2. The Bertz CT molecular complexity index is 1110. The first-order valence-corrected chi connectivity index (χ1v) is 13.1. The summed E-state index contributed by atoms with van der Waals surface area (Å²) in [5.41, 5.74) is 2.00. The minimum Gasteiger partial charge on any atom is -0.494 e. The molecule has 7 heteroatoms. The summed E-state index contributed by atoms with van der Waals surface area (Å²) in [6.07, 6.45) is 10.3. The van der Waals surface area contributed by atoms with Gasteiger partial charge in [-0.15, -0.1) is 0 Å². The van der Waals surface area contributed by atoms with Gasteiger partial charge in [0.05, 0.1) is 36.4 Å². The van der Waals surface area contributed by atoms with Crippen LogP contribution >= 0.6 is 0 Å². The first kappa shape index (κ1) is 27.8. The summed E-state index contributed by atoms with van der Waals surface area (Å²) >= 11 is 0. The second-order valence-corrected chi connectivity index (χ2v) is 8.99. The molecule has 3 rings (SSSR count). The Labute approximate surface area is 219 Å². The van der Waals surface area contributed by atoms with Crippen molar-refractivity contribution in [3.8, 4) is 22.8 Å². The van der Waals surface area contributed by atoms with Gasteiger partial charge < -0.3 is 14.2 Å². The van der Waals surface area contributed by atoms with Gasteiger partial charge in [-0.3, -0.25) is 4.98 Å². The number of carbonyl (C=O) groups is 2. The number of hydrogen-bond acceptors (Lipinski definition) is 7. The Morgan fingerprint density at radius 3 is 2.14 bits per heavy atom. The van der Waals surface area contributed by atoms with Crippen LogP contribution in [0.5, 0.6) is 11.5 Å². The quantitative estimate of drug-likeness (QED) is 0.132. The van der Waals surface area contributed by atoms with Crippen LogP contribution in [0.25, 0.3) is 11.3 Å². The predicted molar refractivity (Wildman–Crippen MR) is 143 cm³/mol. The van der Waals surface area contributed by atoms with Crippen molar-refractivity contribution in [3.05, 3.63) is 72.2 Å². The molecule has 0 radical (unpaired) electrons. The van der Waals surface area contributed by atoms with Gasteiger partial charge >= 0.3 is 11.9 Å². The second kappa shape index (κ2) is 14.7. The van der Waals surface area contributed by atoms with Crippen molar-refractivity contribution >= 4 is 11.9 Å². The maximum absolute atomic E-state index is 12.5. The molecular weight excluding hydrogens is 468 g/mol. The molecule has 0 saturated heterocycles. The smallest absolute Gasteiger partial charge is 0.363 e. The maximum atomic E-state index is 12.5. The molecule has 2 aromatic carbocycles. The van der Waals surface area contributed by atoms with Crippen LogP contribution in [0.4, 0.5) is 0 Å². The molecule has 0 saturated carbocycles. The van der Waals surface area contributed by atoms with Crippen LogP contribution in [0.2, 0.25) is 0 Å². The van der Waals surface area contributed by atoms with E-state index in [1.54, 1.807) is 24.3 Å². The topological polar surface area (TPSA) is 87.6 Å². The third-order valence-electron chi connectivity index (χ3n) is 5.85. The lowest BCUT2D eigenvalue weighted by molar-refractivity contribution is 0.0320. The Morgan fingerprint density at radius 2 is 1.49 bits per heavy atom. The fraction of sp³-hybridized carbons (Fsp3) is 0.400. The van der Waals surface area contributed by atoms with Gasteiger partial charge in [0.1, 0.15) is 11.5 Å². The van der Waals surface area contributed by atoms with Gasteiger partial charge in [-0.25, -0.2) is 14.6 Å². The van der Waals surface area contributed by atoms with E-state index >= 15 is 0 Å². The molecule has 0 amide bonds. The molecule has 1 atom stereocenters. The lowest BCUT2D eigenvalue weighted by Crippen LogP contribution is -2.15. The Balaban J connectivity index is 1.51. The van der Waals surface area contributed by atoms with Crippen molar-refractivity contribution < 1.29 is 23.8 Å². The number of unbranched alkanes of at least 4 members (excludes halogenated alkanes) is 4. The van der Waals surface area contributed by atoms with Crippen LogP contribution in [0, 0.1) is 0 Å². The first-order valence-electron chi connectivity index (χ1n) is 13.1. The number of rotatable bonds is 14. The zero-order valence-corrected chi connectivity index (χ0v) is 21.9. The van der Waals surface area contributed by atoms with E-state index in [1.165, 1.54) is 31.7 Å². The van der Waals surface area contributed by atoms with Crippen molar-refractivity contribution in [1.82, 2.24) is 9.97 Å². The molecule has 37 heavy (non-hydrogen) atoms. The van der Waals surface area contributed by atoms with E-state index in [9.17, 15) is 9.59 Å². The minimum absolute atomic E-state index is 0.0871. The molecule has 1 aromatic heterocycles. The third kappa shape index (κ3) is 9.01. The van der Waals surface area contributed by atoms with E-state index in [1.807, 2.05) is 31.2 Å². The van der Waals surface area contributed by atoms with Gasteiger partial charge in [0.2, 0.25) is 0 Å². The maximum Gasteiger partial charge on any atom is 0.363 e. The molecule has 0 spiro atoms. The van der Waals surface area contributed by atoms with E-state index < -0.39 is 11.9 Å². The molecule has 3 aromatic rings. The highest BCUT2D eigenvalue weighted by molar-refractivity contribution is 5.91. The predicted octanol–water partition coefficient (Wildman–Crippen LogP) is 7.06. The molecule has 0 aliphatic carbocycles. The summed E-state index contributed by atoms with van der Waals surface area (Å²) in [5, 5.41) is 0. The van der Waals surface area contributed by atoms with Crippen LogP contribution in [-0.4, -0.2) is 34.6 Å². The summed E-state index contributed by atoms with van der Waals surface area (Å²) in [7, 11) is 0. The van der Waals surface area contributed by atoms with Crippen LogP contribution in [-0.2, 0) is 4.74 Å². The van der Waals surface area contributed by atoms with E-state index in [4.69, 9.17) is 14.2 Å². The molecule has 0 aliphatic heterocycles. The van der Waals surface area contributed by atoms with Crippen molar-refractivity contribution in [2.45, 2.75) is 71.8 Å². The summed E-state index contributed by atoms with van der Waals surface area (Å²) in [4.78, 5) is 33.3. The summed E-state index contributed by atoms with van der Waals surface area (Å²) in [5.74, 6) is 0.0966. The summed E-state index contributed by atoms with van der Waals surface area (Å²) in [6.45, 7) is 6.88. The number of esters is 2. The largest absolute Gasteiger partial charge is 0.494 e. The van der Waals surface area contributed by atoms with E-state index in [-0.39, 0.29) is 11.8 Å². The molecule has 0 unspecified atom stereocenters. The number of benzene rings is 2. The van der Waals surface area contributed by atoms with Crippen molar-refractivity contribution in [1.29, 1.82) is 0 Å². The fourth-order valence-electron chi connectivity index (χ4n) is 3.64. The highest BCUT2D eigenvalue weighted by atomic mass is 16.5. The molecule has 0 bridgehead atoms. The molecule has 196 valence electrons. The van der Waals surface area contributed by atoms with Gasteiger partial charge in [-0.05, 0) is 68.3 Å². The number of hydrogen-bond donors (Lipinski definition) is 0. The van der Waals surface area contributed by atoms with Crippen LogP contribution < -0.4 is 9.47 Å². The SMILES string of the molecule is CCCCCCOc1ccc(-c2cnc(C(=O)Oc3ccc(C(=O)O[C@H](C)CCCC)cc3)cn2)cc1. The Morgan fingerprint density at radius 1 is 0.784 bits per heavy atom. The zero-order chi connectivity index (χ0) is 26.5. The average Bonchev–Trinajstić information content (AvgIpc) is 2.92. The molecule has 0 N–H and O–H groups in total. The molecular formula is C30H36N2O5. The van der Waals surface area contributed by atoms with Crippen molar-refractivity contribution in [3.63, 3.8) is 0 Å². The van der Waals surface area contributed by atoms with Gasteiger partial charge in [-0.1, -0.05) is 46.0 Å². The molecule has 1 heterocycles. The highest BCUT2D eigenvalue weighted by Gasteiger charge is 2.14.